The van der Waals surface area contributed by atoms with E-state index in [9.17, 15) is 0 Å². The van der Waals surface area contributed by atoms with Crippen LogP contribution >= 0.6 is 15.9 Å². The summed E-state index contributed by atoms with van der Waals surface area (Å²) >= 11 is 3.41. The lowest BCUT2D eigenvalue weighted by molar-refractivity contribution is 0.197. The van der Waals surface area contributed by atoms with E-state index >= 15 is 0 Å². The standard InChI is InChI=1S/C15H22BrN5/c1-2-5-20-6-3-12(4-7-20)17-8-13-9-19-15-10-18-14(16)11-21(13)15/h9-12,17H,2-8H2,1H3. The number of piperidine rings is 1. The molecule has 1 aliphatic heterocycles. The summed E-state index contributed by atoms with van der Waals surface area (Å²) in [4.78, 5) is 11.2. The molecule has 0 atom stereocenters. The first-order chi connectivity index (χ1) is 10.3. The second-order valence-electron chi connectivity index (χ2n) is 5.68. The van der Waals surface area contributed by atoms with Crippen molar-refractivity contribution in [3.63, 3.8) is 0 Å². The third-order valence-corrected chi connectivity index (χ3v) is 4.55. The molecule has 21 heavy (non-hydrogen) atoms. The van der Waals surface area contributed by atoms with E-state index in [0.29, 0.717) is 6.04 Å². The largest absolute Gasteiger partial charge is 0.308 e. The Morgan fingerprint density at radius 1 is 1.29 bits per heavy atom. The third-order valence-electron chi connectivity index (χ3n) is 4.14. The van der Waals surface area contributed by atoms with E-state index < -0.39 is 0 Å². The van der Waals surface area contributed by atoms with Crippen LogP contribution in [0.1, 0.15) is 31.9 Å². The molecule has 0 unspecified atom stereocenters. The molecule has 0 aliphatic carbocycles. The van der Waals surface area contributed by atoms with E-state index in [1.807, 2.05) is 12.4 Å². The molecule has 114 valence electrons. The Morgan fingerprint density at radius 2 is 2.10 bits per heavy atom. The molecule has 0 amide bonds. The zero-order valence-electron chi connectivity index (χ0n) is 12.4. The van der Waals surface area contributed by atoms with Gasteiger partial charge in [-0.1, -0.05) is 6.92 Å². The number of hydrogen-bond acceptors (Lipinski definition) is 4. The Kier molecular flexibility index (Phi) is 4.87. The molecule has 0 radical (unpaired) electrons. The highest BCUT2D eigenvalue weighted by Gasteiger charge is 2.18. The number of imidazole rings is 1. The normalized spacial score (nSPS) is 17.6. The fourth-order valence-electron chi connectivity index (χ4n) is 2.97. The fraction of sp³-hybridized carbons (Fsp3) is 0.600. The Morgan fingerprint density at radius 3 is 2.86 bits per heavy atom. The Balaban J connectivity index is 1.56. The monoisotopic (exact) mass is 351 g/mol. The Bertz CT molecular complexity index is 589. The first kappa shape index (κ1) is 14.9. The second-order valence-corrected chi connectivity index (χ2v) is 6.50. The quantitative estimate of drug-likeness (QED) is 0.898. The first-order valence-electron chi connectivity index (χ1n) is 7.69. The molecular formula is C15H22BrN5. The van der Waals surface area contributed by atoms with E-state index in [-0.39, 0.29) is 0 Å². The Labute approximate surface area is 133 Å². The SMILES string of the molecule is CCCN1CCC(NCc2cnc3cnc(Br)cn23)CC1. The van der Waals surface area contributed by atoms with Crippen LogP contribution in [0.15, 0.2) is 23.2 Å². The third kappa shape index (κ3) is 3.62. The van der Waals surface area contributed by atoms with Crippen LogP contribution in [-0.2, 0) is 6.54 Å². The maximum Gasteiger partial charge on any atom is 0.155 e. The number of hydrogen-bond donors (Lipinski definition) is 1. The highest BCUT2D eigenvalue weighted by molar-refractivity contribution is 9.10. The summed E-state index contributed by atoms with van der Waals surface area (Å²) in [5, 5.41) is 3.68. The number of fused-ring (bicyclic) bond motifs is 1. The lowest BCUT2D eigenvalue weighted by Gasteiger charge is -2.32. The minimum Gasteiger partial charge on any atom is -0.308 e. The van der Waals surface area contributed by atoms with Gasteiger partial charge in [0.1, 0.15) is 4.60 Å². The molecule has 3 heterocycles. The highest BCUT2D eigenvalue weighted by atomic mass is 79.9. The topological polar surface area (TPSA) is 45.5 Å². The smallest absolute Gasteiger partial charge is 0.155 e. The zero-order chi connectivity index (χ0) is 14.7. The van der Waals surface area contributed by atoms with Gasteiger partial charge in [0.05, 0.1) is 18.1 Å². The summed E-state index contributed by atoms with van der Waals surface area (Å²) in [6, 6.07) is 0.619. The molecule has 0 bridgehead atoms. The van der Waals surface area contributed by atoms with Crippen LogP contribution in [0.4, 0.5) is 0 Å². The van der Waals surface area contributed by atoms with Gasteiger partial charge in [-0.15, -0.1) is 0 Å². The first-order valence-corrected chi connectivity index (χ1v) is 8.49. The summed E-state index contributed by atoms with van der Waals surface area (Å²) in [7, 11) is 0. The zero-order valence-corrected chi connectivity index (χ0v) is 14.0. The van der Waals surface area contributed by atoms with Gasteiger partial charge in [-0.3, -0.25) is 4.40 Å². The minimum absolute atomic E-state index is 0.619. The molecule has 5 nitrogen and oxygen atoms in total. The molecular weight excluding hydrogens is 330 g/mol. The average Bonchev–Trinajstić information content (AvgIpc) is 2.89. The van der Waals surface area contributed by atoms with E-state index in [1.54, 1.807) is 6.20 Å². The maximum absolute atomic E-state index is 4.39. The molecule has 3 rings (SSSR count). The fourth-order valence-corrected chi connectivity index (χ4v) is 3.28. The van der Waals surface area contributed by atoms with Crippen molar-refractivity contribution in [2.75, 3.05) is 19.6 Å². The number of likely N-dealkylation sites (tertiary alicyclic amines) is 1. The molecule has 0 aromatic carbocycles. The summed E-state index contributed by atoms with van der Waals surface area (Å²) in [5.74, 6) is 0. The number of nitrogens with zero attached hydrogens (tertiary/aromatic N) is 4. The lowest BCUT2D eigenvalue weighted by atomic mass is 10.0. The Hall–Kier alpha value is -0.980. The van der Waals surface area contributed by atoms with Crippen LogP contribution in [0.5, 0.6) is 0 Å². The van der Waals surface area contributed by atoms with Crippen molar-refractivity contribution in [3.05, 3.63) is 28.9 Å². The van der Waals surface area contributed by atoms with Crippen molar-refractivity contribution in [2.45, 2.75) is 38.8 Å². The average molecular weight is 352 g/mol. The van der Waals surface area contributed by atoms with E-state index in [2.05, 4.69) is 47.4 Å². The summed E-state index contributed by atoms with van der Waals surface area (Å²) < 4.78 is 2.93. The number of halogens is 1. The molecule has 0 spiro atoms. The molecule has 6 heteroatoms. The van der Waals surface area contributed by atoms with Crippen LogP contribution in [0.3, 0.4) is 0 Å². The van der Waals surface area contributed by atoms with E-state index in [1.165, 1.54) is 44.6 Å². The molecule has 0 saturated carbocycles. The van der Waals surface area contributed by atoms with Gasteiger partial charge in [-0.25, -0.2) is 9.97 Å². The molecule has 2 aromatic heterocycles. The van der Waals surface area contributed by atoms with Crippen LogP contribution in [0, 0.1) is 0 Å². The van der Waals surface area contributed by atoms with Crippen molar-refractivity contribution in [1.29, 1.82) is 0 Å². The number of rotatable bonds is 5. The van der Waals surface area contributed by atoms with E-state index in [4.69, 9.17) is 0 Å². The predicted molar refractivity (Wildman–Crippen MR) is 87.3 cm³/mol. The van der Waals surface area contributed by atoms with Crippen molar-refractivity contribution in [2.24, 2.45) is 0 Å². The predicted octanol–water partition coefficient (Wildman–Crippen LogP) is 2.46. The van der Waals surface area contributed by atoms with Gasteiger partial charge in [0, 0.05) is 18.8 Å². The van der Waals surface area contributed by atoms with Crippen LogP contribution in [-0.4, -0.2) is 44.9 Å². The van der Waals surface area contributed by atoms with Gasteiger partial charge >= 0.3 is 0 Å². The van der Waals surface area contributed by atoms with Crippen LogP contribution in [0.2, 0.25) is 0 Å². The van der Waals surface area contributed by atoms with Gasteiger partial charge in [-0.2, -0.15) is 0 Å². The van der Waals surface area contributed by atoms with Gasteiger partial charge in [-0.05, 0) is 54.8 Å². The van der Waals surface area contributed by atoms with Crippen molar-refractivity contribution in [1.82, 2.24) is 24.6 Å². The molecule has 1 aliphatic rings. The second kappa shape index (κ2) is 6.85. The number of nitrogens with one attached hydrogen (secondary N) is 1. The molecule has 1 fully saturated rings. The van der Waals surface area contributed by atoms with E-state index in [0.717, 1.165) is 16.8 Å². The summed E-state index contributed by atoms with van der Waals surface area (Å²) in [5.41, 5.74) is 2.08. The lowest BCUT2D eigenvalue weighted by Crippen LogP contribution is -2.42. The summed E-state index contributed by atoms with van der Waals surface area (Å²) in [6.07, 6.45) is 9.43. The minimum atomic E-state index is 0.619. The van der Waals surface area contributed by atoms with Gasteiger partial charge < -0.3 is 10.2 Å². The highest BCUT2D eigenvalue weighted by Crippen LogP contribution is 2.13. The van der Waals surface area contributed by atoms with Crippen molar-refractivity contribution < 1.29 is 0 Å². The summed E-state index contributed by atoms with van der Waals surface area (Å²) in [6.45, 7) is 6.78. The molecule has 1 saturated heterocycles. The molecule has 2 aromatic rings. The van der Waals surface area contributed by atoms with Gasteiger partial charge in [0.2, 0.25) is 0 Å². The van der Waals surface area contributed by atoms with Gasteiger partial charge in [0.25, 0.3) is 0 Å². The van der Waals surface area contributed by atoms with Crippen LogP contribution in [0.25, 0.3) is 5.65 Å². The van der Waals surface area contributed by atoms with Crippen LogP contribution < -0.4 is 5.32 Å². The van der Waals surface area contributed by atoms with Gasteiger partial charge in [0.15, 0.2) is 5.65 Å². The van der Waals surface area contributed by atoms with Crippen molar-refractivity contribution in [3.8, 4) is 0 Å². The maximum atomic E-state index is 4.39. The number of aromatic nitrogens is 3. The molecule has 1 N–H and O–H groups in total. The van der Waals surface area contributed by atoms with Crippen molar-refractivity contribution >= 4 is 21.6 Å².